The van der Waals surface area contributed by atoms with E-state index in [2.05, 4.69) is 0 Å². The van der Waals surface area contributed by atoms with Crippen LogP contribution in [0.4, 0.5) is 5.69 Å². The van der Waals surface area contributed by atoms with Crippen LogP contribution in [0.15, 0.2) is 48.5 Å². The van der Waals surface area contributed by atoms with Gasteiger partial charge in [-0.2, -0.15) is 0 Å². The zero-order chi connectivity index (χ0) is 15.2. The van der Waals surface area contributed by atoms with Gasteiger partial charge in [0.15, 0.2) is 0 Å². The van der Waals surface area contributed by atoms with Crippen LogP contribution < -0.4 is 0 Å². The van der Waals surface area contributed by atoms with Crippen molar-refractivity contribution in [3.8, 4) is 0 Å². The standard InChI is InChI=1S/C15H12ClNO4/c16-13-5-1-11(2-6-13)9-15(18)21-10-12-3-7-14(8-4-12)17(19)20/h1-8H,9-10H2. The molecule has 0 N–H and O–H groups in total. The number of rotatable bonds is 5. The van der Waals surface area contributed by atoms with Gasteiger partial charge >= 0.3 is 5.97 Å². The average Bonchev–Trinajstić information content (AvgIpc) is 2.48. The van der Waals surface area contributed by atoms with Crippen molar-refractivity contribution in [3.05, 3.63) is 74.8 Å². The molecule has 6 heteroatoms. The molecule has 2 aromatic rings. The number of carbonyl (C=O) groups excluding carboxylic acids is 1. The van der Waals surface area contributed by atoms with Crippen molar-refractivity contribution in [3.63, 3.8) is 0 Å². The summed E-state index contributed by atoms with van der Waals surface area (Å²) in [7, 11) is 0. The molecule has 0 unspecified atom stereocenters. The molecular formula is C15H12ClNO4. The maximum atomic E-state index is 11.7. The van der Waals surface area contributed by atoms with Gasteiger partial charge in [0.1, 0.15) is 6.61 Å². The van der Waals surface area contributed by atoms with E-state index in [1.807, 2.05) is 0 Å². The molecule has 5 nitrogen and oxygen atoms in total. The quantitative estimate of drug-likeness (QED) is 0.481. The second-order valence-electron chi connectivity index (χ2n) is 4.39. The van der Waals surface area contributed by atoms with Gasteiger partial charge < -0.3 is 4.74 Å². The third-order valence-electron chi connectivity index (χ3n) is 2.81. The van der Waals surface area contributed by atoms with Gasteiger partial charge in [-0.15, -0.1) is 0 Å². The molecule has 0 aliphatic carbocycles. The largest absolute Gasteiger partial charge is 0.461 e. The first-order valence-electron chi connectivity index (χ1n) is 6.18. The minimum atomic E-state index is -0.476. The van der Waals surface area contributed by atoms with Crippen LogP contribution in [-0.4, -0.2) is 10.9 Å². The van der Waals surface area contributed by atoms with Gasteiger partial charge in [0.05, 0.1) is 11.3 Å². The third-order valence-corrected chi connectivity index (χ3v) is 3.06. The second-order valence-corrected chi connectivity index (χ2v) is 4.82. The number of nitro groups is 1. The fourth-order valence-corrected chi connectivity index (χ4v) is 1.82. The highest BCUT2D eigenvalue weighted by Crippen LogP contribution is 2.13. The monoisotopic (exact) mass is 305 g/mol. The fourth-order valence-electron chi connectivity index (χ4n) is 1.70. The Hall–Kier alpha value is -2.40. The van der Waals surface area contributed by atoms with E-state index in [1.165, 1.54) is 12.1 Å². The lowest BCUT2D eigenvalue weighted by atomic mass is 10.1. The second kappa shape index (κ2) is 6.85. The van der Waals surface area contributed by atoms with Crippen LogP contribution in [0.1, 0.15) is 11.1 Å². The SMILES string of the molecule is O=C(Cc1ccc(Cl)cc1)OCc1ccc([N+](=O)[O-])cc1. The van der Waals surface area contributed by atoms with E-state index < -0.39 is 4.92 Å². The Balaban J connectivity index is 1.86. The van der Waals surface area contributed by atoms with Crippen LogP contribution in [0.3, 0.4) is 0 Å². The first-order valence-corrected chi connectivity index (χ1v) is 6.56. The number of ether oxygens (including phenoxy) is 1. The predicted octanol–water partition coefficient (Wildman–Crippen LogP) is 3.53. The smallest absolute Gasteiger partial charge is 0.310 e. The zero-order valence-corrected chi connectivity index (χ0v) is 11.7. The average molecular weight is 306 g/mol. The number of hydrogen-bond donors (Lipinski definition) is 0. The van der Waals surface area contributed by atoms with Crippen LogP contribution in [-0.2, 0) is 22.6 Å². The summed E-state index contributed by atoms with van der Waals surface area (Å²) in [5, 5.41) is 11.1. The molecule has 108 valence electrons. The third kappa shape index (κ3) is 4.57. The van der Waals surface area contributed by atoms with E-state index in [-0.39, 0.29) is 24.7 Å². The van der Waals surface area contributed by atoms with Gasteiger partial charge in [-0.3, -0.25) is 14.9 Å². The number of benzene rings is 2. The molecular weight excluding hydrogens is 294 g/mol. The predicted molar refractivity (Wildman–Crippen MR) is 78.0 cm³/mol. The lowest BCUT2D eigenvalue weighted by Crippen LogP contribution is -2.07. The van der Waals surface area contributed by atoms with E-state index in [0.29, 0.717) is 10.6 Å². The Morgan fingerprint density at radius 3 is 2.19 bits per heavy atom. The van der Waals surface area contributed by atoms with Crippen LogP contribution in [0.5, 0.6) is 0 Å². The number of nitrogens with zero attached hydrogens (tertiary/aromatic N) is 1. The summed E-state index contributed by atoms with van der Waals surface area (Å²) in [4.78, 5) is 21.7. The topological polar surface area (TPSA) is 69.4 Å². The van der Waals surface area contributed by atoms with Gasteiger partial charge in [0, 0.05) is 17.2 Å². The van der Waals surface area contributed by atoms with Crippen molar-refractivity contribution in [1.29, 1.82) is 0 Å². The summed E-state index contributed by atoms with van der Waals surface area (Å²) < 4.78 is 5.12. The molecule has 0 fully saturated rings. The number of carbonyl (C=O) groups is 1. The molecule has 21 heavy (non-hydrogen) atoms. The molecule has 2 aromatic carbocycles. The molecule has 0 amide bonds. The Morgan fingerprint density at radius 2 is 1.62 bits per heavy atom. The van der Waals surface area contributed by atoms with Crippen molar-refractivity contribution in [2.24, 2.45) is 0 Å². The van der Waals surface area contributed by atoms with Crippen LogP contribution in [0, 0.1) is 10.1 Å². The molecule has 0 aromatic heterocycles. The van der Waals surface area contributed by atoms with Gasteiger partial charge in [-0.05, 0) is 35.4 Å². The number of nitro benzene ring substituents is 1. The van der Waals surface area contributed by atoms with Crippen LogP contribution in [0.25, 0.3) is 0 Å². The molecule has 0 aliphatic heterocycles. The number of halogens is 1. The van der Waals surface area contributed by atoms with Gasteiger partial charge in [-0.25, -0.2) is 0 Å². The Labute approximate surface area is 126 Å². The number of esters is 1. The van der Waals surface area contributed by atoms with E-state index in [4.69, 9.17) is 16.3 Å². The van der Waals surface area contributed by atoms with E-state index in [1.54, 1.807) is 36.4 Å². The summed E-state index contributed by atoms with van der Waals surface area (Å²) in [6.07, 6.45) is 0.157. The highest BCUT2D eigenvalue weighted by Gasteiger charge is 2.07. The minimum Gasteiger partial charge on any atom is -0.461 e. The van der Waals surface area contributed by atoms with Crippen molar-refractivity contribution in [1.82, 2.24) is 0 Å². The lowest BCUT2D eigenvalue weighted by Gasteiger charge is -2.05. The molecule has 2 rings (SSSR count). The van der Waals surface area contributed by atoms with Crippen molar-refractivity contribution >= 4 is 23.3 Å². The summed E-state index contributed by atoms with van der Waals surface area (Å²) in [5.74, 6) is -0.365. The van der Waals surface area contributed by atoms with E-state index >= 15 is 0 Å². The minimum absolute atomic E-state index is 0.00578. The highest BCUT2D eigenvalue weighted by atomic mass is 35.5. The number of non-ortho nitro benzene ring substituents is 1. The molecule has 0 heterocycles. The van der Waals surface area contributed by atoms with Crippen LogP contribution in [0.2, 0.25) is 5.02 Å². The first kappa shape index (κ1) is 15.0. The Bertz CT molecular complexity index is 638. The van der Waals surface area contributed by atoms with E-state index in [9.17, 15) is 14.9 Å². The van der Waals surface area contributed by atoms with Crippen molar-refractivity contribution < 1.29 is 14.5 Å². The fraction of sp³-hybridized carbons (Fsp3) is 0.133. The summed E-state index contributed by atoms with van der Waals surface area (Å²) in [5.41, 5.74) is 1.52. The summed E-state index contributed by atoms with van der Waals surface area (Å²) >= 11 is 5.76. The van der Waals surface area contributed by atoms with E-state index in [0.717, 1.165) is 5.56 Å². The Morgan fingerprint density at radius 1 is 1.05 bits per heavy atom. The number of hydrogen-bond acceptors (Lipinski definition) is 4. The van der Waals surface area contributed by atoms with Crippen molar-refractivity contribution in [2.45, 2.75) is 13.0 Å². The summed E-state index contributed by atoms with van der Waals surface area (Å²) in [6.45, 7) is 0.0877. The van der Waals surface area contributed by atoms with Gasteiger partial charge in [0.2, 0.25) is 0 Å². The molecule has 0 spiro atoms. The molecule has 0 atom stereocenters. The molecule has 0 aliphatic rings. The van der Waals surface area contributed by atoms with Gasteiger partial charge in [0.25, 0.3) is 5.69 Å². The van der Waals surface area contributed by atoms with Gasteiger partial charge in [-0.1, -0.05) is 23.7 Å². The maximum absolute atomic E-state index is 11.7. The molecule has 0 radical (unpaired) electrons. The zero-order valence-electron chi connectivity index (χ0n) is 11.0. The summed E-state index contributed by atoms with van der Waals surface area (Å²) in [6, 6.07) is 12.8. The first-order chi connectivity index (χ1) is 10.0. The van der Waals surface area contributed by atoms with Crippen LogP contribution >= 0.6 is 11.6 Å². The molecule has 0 saturated carbocycles. The highest BCUT2D eigenvalue weighted by molar-refractivity contribution is 6.30. The molecule has 0 bridgehead atoms. The Kier molecular flexibility index (Phi) is 4.90. The maximum Gasteiger partial charge on any atom is 0.310 e. The lowest BCUT2D eigenvalue weighted by molar-refractivity contribution is -0.384. The normalized spacial score (nSPS) is 10.1. The molecule has 0 saturated heterocycles. The van der Waals surface area contributed by atoms with Crippen molar-refractivity contribution in [2.75, 3.05) is 0 Å².